The van der Waals surface area contributed by atoms with E-state index in [1.54, 1.807) is 14.2 Å². The Morgan fingerprint density at radius 1 is 1.19 bits per heavy atom. The molecular formula is C16H24O5. The average molecular weight is 296 g/mol. The Balaban J connectivity index is 1.85. The van der Waals surface area contributed by atoms with Crippen molar-refractivity contribution in [2.45, 2.75) is 44.4 Å². The summed E-state index contributed by atoms with van der Waals surface area (Å²) in [4.78, 5) is 0. The number of ether oxygens (including phenoxy) is 4. The molecule has 5 heteroatoms. The molecule has 1 fully saturated rings. The SMILES string of the molecule is COc1ccc(CO[C@H]2CC(OC)O[C@@H](CCO)C2)cc1. The molecule has 118 valence electrons. The third-order valence-electron chi connectivity index (χ3n) is 3.68. The standard InChI is InChI=1S/C16H24O5/c1-18-13-5-3-12(4-6-13)11-20-15-9-14(7-8-17)21-16(10-15)19-2/h3-6,14-17H,7-11H2,1-2H3/t14-,15+,16?/m0/s1. The molecule has 1 aromatic rings. The van der Waals surface area contributed by atoms with Crippen LogP contribution in [0.2, 0.25) is 0 Å². The molecular weight excluding hydrogens is 272 g/mol. The number of aliphatic hydroxyl groups excluding tert-OH is 1. The molecule has 0 aromatic heterocycles. The Hall–Kier alpha value is -1.14. The van der Waals surface area contributed by atoms with Gasteiger partial charge in [-0.2, -0.15) is 0 Å². The minimum absolute atomic E-state index is 0.00503. The van der Waals surface area contributed by atoms with E-state index in [0.717, 1.165) is 17.7 Å². The minimum atomic E-state index is -0.254. The van der Waals surface area contributed by atoms with Crippen molar-refractivity contribution in [2.24, 2.45) is 0 Å². The predicted molar refractivity (Wildman–Crippen MR) is 78.2 cm³/mol. The third-order valence-corrected chi connectivity index (χ3v) is 3.68. The molecule has 1 aromatic carbocycles. The topological polar surface area (TPSA) is 57.2 Å². The van der Waals surface area contributed by atoms with Crippen LogP contribution in [0.25, 0.3) is 0 Å². The van der Waals surface area contributed by atoms with E-state index >= 15 is 0 Å². The van der Waals surface area contributed by atoms with Gasteiger partial charge in [-0.05, 0) is 24.1 Å². The van der Waals surface area contributed by atoms with Crippen LogP contribution < -0.4 is 4.74 Å². The number of hydrogen-bond acceptors (Lipinski definition) is 5. The average Bonchev–Trinajstić information content (AvgIpc) is 2.53. The van der Waals surface area contributed by atoms with Crippen LogP contribution in [0.3, 0.4) is 0 Å². The van der Waals surface area contributed by atoms with Gasteiger partial charge in [0.2, 0.25) is 0 Å². The first-order valence-corrected chi connectivity index (χ1v) is 7.28. The highest BCUT2D eigenvalue weighted by molar-refractivity contribution is 5.26. The Morgan fingerprint density at radius 3 is 2.57 bits per heavy atom. The van der Waals surface area contributed by atoms with Crippen molar-refractivity contribution in [3.8, 4) is 5.75 Å². The van der Waals surface area contributed by atoms with Gasteiger partial charge in [-0.25, -0.2) is 0 Å². The normalized spacial score (nSPS) is 25.8. The maximum atomic E-state index is 9.05. The van der Waals surface area contributed by atoms with Gasteiger partial charge in [-0.1, -0.05) is 12.1 Å². The van der Waals surface area contributed by atoms with Crippen molar-refractivity contribution >= 4 is 0 Å². The largest absolute Gasteiger partial charge is 0.497 e. The number of aliphatic hydroxyl groups is 1. The van der Waals surface area contributed by atoms with Gasteiger partial charge in [0.15, 0.2) is 6.29 Å². The molecule has 1 heterocycles. The second kappa shape index (κ2) is 8.34. The minimum Gasteiger partial charge on any atom is -0.497 e. The van der Waals surface area contributed by atoms with Gasteiger partial charge >= 0.3 is 0 Å². The maximum absolute atomic E-state index is 9.05. The van der Waals surface area contributed by atoms with Crippen LogP contribution in [0, 0.1) is 0 Å². The zero-order valence-electron chi connectivity index (χ0n) is 12.7. The van der Waals surface area contributed by atoms with Crippen molar-refractivity contribution in [2.75, 3.05) is 20.8 Å². The lowest BCUT2D eigenvalue weighted by molar-refractivity contribution is -0.214. The molecule has 2 rings (SSSR count). The highest BCUT2D eigenvalue weighted by atomic mass is 16.7. The van der Waals surface area contributed by atoms with Crippen LogP contribution >= 0.6 is 0 Å². The number of methoxy groups -OCH3 is 2. The Kier molecular flexibility index (Phi) is 6.45. The molecule has 0 radical (unpaired) electrons. The molecule has 1 unspecified atom stereocenters. The van der Waals surface area contributed by atoms with Crippen molar-refractivity contribution in [3.05, 3.63) is 29.8 Å². The molecule has 0 spiro atoms. The van der Waals surface area contributed by atoms with Crippen LogP contribution in [0.15, 0.2) is 24.3 Å². The zero-order chi connectivity index (χ0) is 15.1. The van der Waals surface area contributed by atoms with Gasteiger partial charge in [0.1, 0.15) is 5.75 Å². The lowest BCUT2D eigenvalue weighted by atomic mass is 10.0. The third kappa shape index (κ3) is 4.97. The van der Waals surface area contributed by atoms with Gasteiger partial charge in [-0.15, -0.1) is 0 Å². The summed E-state index contributed by atoms with van der Waals surface area (Å²) in [6.07, 6.45) is 1.95. The van der Waals surface area contributed by atoms with E-state index in [4.69, 9.17) is 24.1 Å². The highest BCUT2D eigenvalue weighted by Gasteiger charge is 2.29. The summed E-state index contributed by atoms with van der Waals surface area (Å²) in [5.41, 5.74) is 1.11. The van der Waals surface area contributed by atoms with Gasteiger partial charge < -0.3 is 24.1 Å². The molecule has 1 N–H and O–H groups in total. The van der Waals surface area contributed by atoms with Crippen LogP contribution in [0.4, 0.5) is 0 Å². The first-order chi connectivity index (χ1) is 10.2. The summed E-state index contributed by atoms with van der Waals surface area (Å²) in [5.74, 6) is 0.840. The van der Waals surface area contributed by atoms with Crippen LogP contribution in [-0.4, -0.2) is 44.4 Å². The van der Waals surface area contributed by atoms with E-state index in [2.05, 4.69) is 0 Å². The van der Waals surface area contributed by atoms with Gasteiger partial charge in [-0.3, -0.25) is 0 Å². The van der Waals surface area contributed by atoms with Crippen molar-refractivity contribution in [1.29, 1.82) is 0 Å². The molecule has 21 heavy (non-hydrogen) atoms. The second-order valence-corrected chi connectivity index (χ2v) is 5.19. The van der Waals surface area contributed by atoms with E-state index in [9.17, 15) is 0 Å². The van der Waals surface area contributed by atoms with E-state index in [0.29, 0.717) is 19.4 Å². The van der Waals surface area contributed by atoms with Crippen molar-refractivity contribution in [3.63, 3.8) is 0 Å². The monoisotopic (exact) mass is 296 g/mol. The molecule has 0 bridgehead atoms. The first kappa shape index (κ1) is 16.2. The van der Waals surface area contributed by atoms with Crippen LogP contribution in [0.1, 0.15) is 24.8 Å². The fraction of sp³-hybridized carbons (Fsp3) is 0.625. The molecule has 1 aliphatic heterocycles. The molecule has 1 saturated heterocycles. The quantitative estimate of drug-likeness (QED) is 0.835. The summed E-state index contributed by atoms with van der Waals surface area (Å²) in [6, 6.07) is 7.85. The van der Waals surface area contributed by atoms with Gasteiger partial charge in [0.05, 0.1) is 25.9 Å². The molecule has 0 aliphatic carbocycles. The molecule has 5 nitrogen and oxygen atoms in total. The fourth-order valence-corrected chi connectivity index (χ4v) is 2.48. The zero-order valence-corrected chi connectivity index (χ0v) is 12.7. The Morgan fingerprint density at radius 2 is 1.95 bits per heavy atom. The Bertz CT molecular complexity index is 406. The summed E-state index contributed by atoms with van der Waals surface area (Å²) in [6.45, 7) is 0.670. The Labute approximate surface area is 125 Å². The summed E-state index contributed by atoms with van der Waals surface area (Å²) >= 11 is 0. The fourth-order valence-electron chi connectivity index (χ4n) is 2.48. The molecule has 1 aliphatic rings. The van der Waals surface area contributed by atoms with E-state index < -0.39 is 0 Å². The molecule has 0 amide bonds. The lowest BCUT2D eigenvalue weighted by Gasteiger charge is -2.34. The molecule has 3 atom stereocenters. The van der Waals surface area contributed by atoms with Crippen LogP contribution in [0.5, 0.6) is 5.75 Å². The van der Waals surface area contributed by atoms with Gasteiger partial charge in [0, 0.05) is 26.6 Å². The van der Waals surface area contributed by atoms with E-state index in [1.807, 2.05) is 24.3 Å². The van der Waals surface area contributed by atoms with Gasteiger partial charge in [0.25, 0.3) is 0 Å². The number of benzene rings is 1. The molecule has 0 saturated carbocycles. The number of rotatable bonds is 7. The highest BCUT2D eigenvalue weighted by Crippen LogP contribution is 2.25. The maximum Gasteiger partial charge on any atom is 0.160 e. The smallest absolute Gasteiger partial charge is 0.160 e. The van der Waals surface area contributed by atoms with Crippen LogP contribution in [-0.2, 0) is 20.8 Å². The first-order valence-electron chi connectivity index (χ1n) is 7.28. The summed E-state index contributed by atoms with van der Waals surface area (Å²) in [7, 11) is 3.28. The summed E-state index contributed by atoms with van der Waals surface area (Å²) < 4.78 is 22.1. The number of hydrogen-bond donors (Lipinski definition) is 1. The van der Waals surface area contributed by atoms with Crippen molar-refractivity contribution in [1.82, 2.24) is 0 Å². The summed E-state index contributed by atoms with van der Waals surface area (Å²) in [5, 5.41) is 9.05. The lowest BCUT2D eigenvalue weighted by Crippen LogP contribution is -2.38. The van der Waals surface area contributed by atoms with E-state index in [1.165, 1.54) is 0 Å². The van der Waals surface area contributed by atoms with Crippen molar-refractivity contribution < 1.29 is 24.1 Å². The second-order valence-electron chi connectivity index (χ2n) is 5.19. The predicted octanol–water partition coefficient (Wildman–Crippen LogP) is 2.11. The van der Waals surface area contributed by atoms with E-state index in [-0.39, 0.29) is 25.1 Å².